The van der Waals surface area contributed by atoms with Gasteiger partial charge in [0.15, 0.2) is 21.3 Å². The van der Waals surface area contributed by atoms with Gasteiger partial charge in [-0.15, -0.1) is 0 Å². The van der Waals surface area contributed by atoms with E-state index >= 15 is 0 Å². The van der Waals surface area contributed by atoms with Crippen LogP contribution >= 0.6 is 11.6 Å². The van der Waals surface area contributed by atoms with Crippen molar-refractivity contribution in [2.75, 3.05) is 29.7 Å². The first kappa shape index (κ1) is 18.7. The molecule has 0 N–H and O–H groups in total. The Hall–Kier alpha value is -2.29. The van der Waals surface area contributed by atoms with Crippen LogP contribution < -0.4 is 14.4 Å². The number of ether oxygens (including phenoxy) is 2. The summed E-state index contributed by atoms with van der Waals surface area (Å²) < 4.78 is 35.7. The maximum absolute atomic E-state index is 13.0. The molecule has 29 heavy (non-hydrogen) atoms. The molecule has 0 bridgehead atoms. The number of fused-ring (bicyclic) bond motifs is 2. The molecule has 0 radical (unpaired) electrons. The number of anilines is 1. The third kappa shape index (κ3) is 3.45. The van der Waals surface area contributed by atoms with E-state index in [1.807, 2.05) is 23.1 Å². The maximum atomic E-state index is 13.0. The van der Waals surface area contributed by atoms with Gasteiger partial charge in [-0.25, -0.2) is 8.42 Å². The molecule has 7 nitrogen and oxygen atoms in total. The predicted octanol–water partition coefficient (Wildman–Crippen LogP) is 2.08. The van der Waals surface area contributed by atoms with E-state index in [1.54, 1.807) is 29.2 Å². The molecule has 2 aromatic carbocycles. The lowest BCUT2D eigenvalue weighted by atomic mass is 10.0. The highest BCUT2D eigenvalue weighted by Crippen LogP contribution is 2.36. The molecule has 5 rings (SSSR count). The van der Waals surface area contributed by atoms with Crippen molar-refractivity contribution in [3.8, 4) is 11.5 Å². The van der Waals surface area contributed by atoms with E-state index in [9.17, 15) is 13.2 Å². The van der Waals surface area contributed by atoms with Crippen LogP contribution in [0.4, 0.5) is 5.69 Å². The van der Waals surface area contributed by atoms with Crippen LogP contribution in [0.2, 0.25) is 5.02 Å². The summed E-state index contributed by atoms with van der Waals surface area (Å²) in [7, 11) is -3.25. The van der Waals surface area contributed by atoms with E-state index in [2.05, 4.69) is 0 Å². The van der Waals surface area contributed by atoms with Gasteiger partial charge in [0.2, 0.25) is 12.7 Å². The van der Waals surface area contributed by atoms with Crippen molar-refractivity contribution in [3.63, 3.8) is 0 Å². The zero-order valence-electron chi connectivity index (χ0n) is 15.5. The summed E-state index contributed by atoms with van der Waals surface area (Å²) in [4.78, 5) is 16.6. The van der Waals surface area contributed by atoms with E-state index in [1.165, 1.54) is 0 Å². The average molecular weight is 435 g/mol. The number of hydrogen-bond acceptors (Lipinski definition) is 6. The average Bonchev–Trinajstić information content (AvgIpc) is 3.24. The number of halogens is 1. The molecule has 0 spiro atoms. The molecule has 9 heteroatoms. The highest BCUT2D eigenvalue weighted by atomic mass is 35.5. The van der Waals surface area contributed by atoms with Gasteiger partial charge < -0.3 is 14.4 Å². The topological polar surface area (TPSA) is 76.1 Å². The molecular formula is C20H19ClN2O5S. The van der Waals surface area contributed by atoms with Crippen LogP contribution in [0, 0.1) is 0 Å². The van der Waals surface area contributed by atoms with Gasteiger partial charge in [0, 0.05) is 23.3 Å². The van der Waals surface area contributed by atoms with Crippen molar-refractivity contribution in [1.29, 1.82) is 0 Å². The normalized spacial score (nSPS) is 25.3. The molecular weight excluding hydrogens is 416 g/mol. The number of amides is 1. The Labute approximate surface area is 173 Å². The molecule has 1 amide bonds. The minimum atomic E-state index is -3.25. The Kier molecular flexibility index (Phi) is 4.45. The quantitative estimate of drug-likeness (QED) is 0.736. The van der Waals surface area contributed by atoms with Crippen LogP contribution in [-0.2, 0) is 21.2 Å². The van der Waals surface area contributed by atoms with Gasteiger partial charge in [0.25, 0.3) is 0 Å². The highest BCUT2D eigenvalue weighted by Gasteiger charge is 2.49. The minimum Gasteiger partial charge on any atom is -0.454 e. The molecule has 3 heterocycles. The van der Waals surface area contributed by atoms with Crippen molar-refractivity contribution >= 4 is 33.0 Å². The smallest absolute Gasteiger partial charge is 0.241 e. The second kappa shape index (κ2) is 6.90. The summed E-state index contributed by atoms with van der Waals surface area (Å²) in [6, 6.07) is 11.9. The maximum Gasteiger partial charge on any atom is 0.241 e. The molecule has 152 valence electrons. The standard InChI is InChI=1S/C20H19ClN2O5S/c21-14-2-1-3-15(7-14)23-17-11-29(25,26)10-16(17)22(9-20(23)24)8-13-4-5-18-19(6-13)28-12-27-18/h1-7,16-17H,8-12H2/t16-,17-/m0/s1. The fourth-order valence-electron chi connectivity index (χ4n) is 4.37. The molecule has 3 aliphatic rings. The summed E-state index contributed by atoms with van der Waals surface area (Å²) in [6.45, 7) is 0.790. The minimum absolute atomic E-state index is 0.0343. The fourth-order valence-corrected chi connectivity index (χ4v) is 6.53. The molecule has 2 saturated heterocycles. The van der Waals surface area contributed by atoms with Gasteiger partial charge in [-0.2, -0.15) is 0 Å². The van der Waals surface area contributed by atoms with Crippen LogP contribution in [0.1, 0.15) is 5.56 Å². The van der Waals surface area contributed by atoms with Gasteiger partial charge in [0.05, 0.1) is 24.1 Å². The molecule has 0 aromatic heterocycles. The Morgan fingerprint density at radius 3 is 2.66 bits per heavy atom. The van der Waals surface area contributed by atoms with Crippen molar-refractivity contribution in [3.05, 3.63) is 53.1 Å². The number of benzene rings is 2. The zero-order chi connectivity index (χ0) is 20.2. The summed E-state index contributed by atoms with van der Waals surface area (Å²) in [5.74, 6) is 1.21. The van der Waals surface area contributed by atoms with Crippen molar-refractivity contribution in [2.45, 2.75) is 18.6 Å². The monoisotopic (exact) mass is 434 g/mol. The van der Waals surface area contributed by atoms with Crippen molar-refractivity contribution < 1.29 is 22.7 Å². The van der Waals surface area contributed by atoms with E-state index in [0.29, 0.717) is 28.8 Å². The molecule has 2 atom stereocenters. The van der Waals surface area contributed by atoms with Crippen molar-refractivity contribution in [1.82, 2.24) is 4.90 Å². The number of carbonyl (C=O) groups is 1. The lowest BCUT2D eigenvalue weighted by Gasteiger charge is -2.43. The van der Waals surface area contributed by atoms with Crippen LogP contribution in [0.3, 0.4) is 0 Å². The number of nitrogens with zero attached hydrogens (tertiary/aromatic N) is 2. The number of piperazine rings is 1. The van der Waals surface area contributed by atoms with Crippen molar-refractivity contribution in [2.24, 2.45) is 0 Å². The number of rotatable bonds is 3. The number of carbonyl (C=O) groups excluding carboxylic acids is 1. The van der Waals surface area contributed by atoms with Gasteiger partial charge in [0.1, 0.15) is 0 Å². The van der Waals surface area contributed by atoms with Gasteiger partial charge >= 0.3 is 0 Å². The Bertz CT molecular complexity index is 1090. The zero-order valence-corrected chi connectivity index (χ0v) is 17.0. The van der Waals surface area contributed by atoms with Crippen LogP contribution in [0.25, 0.3) is 0 Å². The molecule has 3 aliphatic heterocycles. The Morgan fingerprint density at radius 2 is 1.83 bits per heavy atom. The highest BCUT2D eigenvalue weighted by molar-refractivity contribution is 7.91. The lowest BCUT2D eigenvalue weighted by molar-refractivity contribution is -0.123. The Morgan fingerprint density at radius 1 is 1.03 bits per heavy atom. The SMILES string of the molecule is O=C1CN(Cc2ccc3c(c2)OCO3)[C@H]2CS(=O)(=O)C[C@@H]2N1c1cccc(Cl)c1. The van der Waals surface area contributed by atoms with Crippen LogP contribution in [0.5, 0.6) is 11.5 Å². The Balaban J connectivity index is 1.46. The van der Waals surface area contributed by atoms with Gasteiger partial charge in [-0.3, -0.25) is 9.69 Å². The summed E-state index contributed by atoms with van der Waals surface area (Å²) in [6.07, 6.45) is 0. The van der Waals surface area contributed by atoms with E-state index in [4.69, 9.17) is 21.1 Å². The van der Waals surface area contributed by atoms with E-state index in [0.717, 1.165) is 5.56 Å². The van der Waals surface area contributed by atoms with Gasteiger partial charge in [-0.05, 0) is 35.9 Å². The van der Waals surface area contributed by atoms with E-state index in [-0.39, 0.29) is 36.8 Å². The van der Waals surface area contributed by atoms with E-state index < -0.39 is 15.9 Å². The third-order valence-corrected chi connectivity index (χ3v) is 7.54. The summed E-state index contributed by atoms with van der Waals surface area (Å²) >= 11 is 6.10. The molecule has 2 aromatic rings. The summed E-state index contributed by atoms with van der Waals surface area (Å²) in [5, 5.41) is 0.510. The lowest BCUT2D eigenvalue weighted by Crippen LogP contribution is -2.61. The second-order valence-electron chi connectivity index (χ2n) is 7.55. The molecule has 0 unspecified atom stereocenters. The first-order valence-corrected chi connectivity index (χ1v) is 11.5. The predicted molar refractivity (Wildman–Crippen MR) is 108 cm³/mol. The molecule has 0 aliphatic carbocycles. The van der Waals surface area contributed by atoms with Gasteiger partial charge in [-0.1, -0.05) is 23.7 Å². The number of hydrogen-bond donors (Lipinski definition) is 0. The first-order chi connectivity index (χ1) is 13.9. The second-order valence-corrected chi connectivity index (χ2v) is 10.1. The summed E-state index contributed by atoms with van der Waals surface area (Å²) in [5.41, 5.74) is 1.58. The fraction of sp³-hybridized carbons (Fsp3) is 0.350. The molecule has 0 saturated carbocycles. The van der Waals surface area contributed by atoms with Crippen LogP contribution in [0.15, 0.2) is 42.5 Å². The molecule has 2 fully saturated rings. The van der Waals surface area contributed by atoms with Crippen LogP contribution in [-0.4, -0.2) is 56.2 Å². The third-order valence-electron chi connectivity index (χ3n) is 5.61. The number of sulfone groups is 1. The first-order valence-electron chi connectivity index (χ1n) is 9.30. The largest absolute Gasteiger partial charge is 0.454 e.